The van der Waals surface area contributed by atoms with Crippen molar-refractivity contribution < 1.29 is 0 Å². The van der Waals surface area contributed by atoms with Gasteiger partial charge in [-0.2, -0.15) is 0 Å². The maximum atomic E-state index is 7.16. The van der Waals surface area contributed by atoms with E-state index in [0.29, 0.717) is 0 Å². The Hall–Kier alpha value is 0.720. The molecule has 0 amide bonds. The minimum atomic E-state index is -1.82. The predicted octanol–water partition coefficient (Wildman–Crippen LogP) is 5.09. The molecule has 0 N–H and O–H groups in total. The molecule has 0 radical (unpaired) electrons. The van der Waals surface area contributed by atoms with Gasteiger partial charge in [-0.05, 0) is 0 Å². The van der Waals surface area contributed by atoms with Crippen molar-refractivity contribution in [1.29, 1.82) is 0 Å². The summed E-state index contributed by atoms with van der Waals surface area (Å²) in [7, 11) is 0. The van der Waals surface area contributed by atoms with Gasteiger partial charge in [-0.1, -0.05) is 0 Å². The normalized spacial score (nSPS) is 23.0. The fraction of sp³-hybridized carbons (Fsp3) is 1.00. The minimum absolute atomic E-state index is 0.886. The Kier molecular flexibility index (Phi) is 4.30. The van der Waals surface area contributed by atoms with E-state index < -0.39 is 5.96 Å². The summed E-state index contributed by atoms with van der Waals surface area (Å²) < 4.78 is 0. The predicted molar refractivity (Wildman–Crippen MR) is 71.3 cm³/mol. The first-order valence-corrected chi connectivity index (χ1v) is 10.1. The maximum absolute atomic E-state index is 7.16. The summed E-state index contributed by atoms with van der Waals surface area (Å²) >= 11 is 7.16. The van der Waals surface area contributed by atoms with Gasteiger partial charge in [0.1, 0.15) is 0 Å². The van der Waals surface area contributed by atoms with Crippen LogP contribution in [0.4, 0.5) is 0 Å². The Morgan fingerprint density at radius 1 is 0.929 bits per heavy atom. The van der Waals surface area contributed by atoms with Crippen molar-refractivity contribution in [1.82, 2.24) is 0 Å². The Bertz CT molecular complexity index is 170. The molecule has 0 spiro atoms. The summed E-state index contributed by atoms with van der Waals surface area (Å²) in [5.41, 5.74) is 0.886. The van der Waals surface area contributed by atoms with Gasteiger partial charge in [0.05, 0.1) is 0 Å². The first kappa shape index (κ1) is 12.8. The molecule has 0 bridgehead atoms. The molecular weight excluding hydrogens is 211 g/mol. The molecule has 1 aliphatic rings. The van der Waals surface area contributed by atoms with Crippen molar-refractivity contribution >= 4 is 17.2 Å². The summed E-state index contributed by atoms with van der Waals surface area (Å²) in [6.07, 6.45) is 10.9. The van der Waals surface area contributed by atoms with Gasteiger partial charge in [-0.25, -0.2) is 0 Å². The van der Waals surface area contributed by atoms with Gasteiger partial charge in [0.15, 0.2) is 0 Å². The van der Waals surface area contributed by atoms with E-state index in [2.05, 4.69) is 20.8 Å². The van der Waals surface area contributed by atoms with E-state index in [1.807, 2.05) is 0 Å². The van der Waals surface area contributed by atoms with Crippen molar-refractivity contribution in [2.75, 3.05) is 18.5 Å². The zero-order valence-corrected chi connectivity index (χ0v) is 11.7. The third-order valence-corrected chi connectivity index (χ3v) is 14.6. The van der Waals surface area contributed by atoms with Crippen LogP contribution in [0.25, 0.3) is 0 Å². The van der Waals surface area contributed by atoms with Gasteiger partial charge < -0.3 is 0 Å². The molecule has 1 aliphatic carbocycles. The van der Waals surface area contributed by atoms with Gasteiger partial charge >= 0.3 is 94.2 Å². The van der Waals surface area contributed by atoms with Crippen LogP contribution in [0.1, 0.15) is 52.9 Å². The van der Waals surface area contributed by atoms with Crippen LogP contribution >= 0.6 is 17.2 Å². The van der Waals surface area contributed by atoms with Crippen LogP contribution in [0, 0.1) is 0 Å². The summed E-state index contributed by atoms with van der Waals surface area (Å²) in [6, 6.07) is 0. The molecule has 1 saturated carbocycles. The van der Waals surface area contributed by atoms with Crippen LogP contribution in [0.2, 0.25) is 0 Å². The Balaban J connectivity index is 2.84. The molecule has 0 heterocycles. The van der Waals surface area contributed by atoms with E-state index in [1.165, 1.54) is 50.6 Å². The van der Waals surface area contributed by atoms with Crippen LogP contribution in [0.5, 0.6) is 0 Å². The molecule has 0 saturated heterocycles. The Morgan fingerprint density at radius 3 is 1.71 bits per heavy atom. The first-order chi connectivity index (χ1) is 6.59. The summed E-state index contributed by atoms with van der Waals surface area (Å²) in [5, 5.41) is 0. The molecule has 86 valence electrons. The van der Waals surface area contributed by atoms with Crippen molar-refractivity contribution in [2.24, 2.45) is 0 Å². The van der Waals surface area contributed by atoms with E-state index in [9.17, 15) is 0 Å². The van der Waals surface area contributed by atoms with Gasteiger partial charge in [-0.3, -0.25) is 0 Å². The van der Waals surface area contributed by atoms with Crippen molar-refractivity contribution in [3.8, 4) is 0 Å². The average molecular weight is 237 g/mol. The number of halogens is 1. The van der Waals surface area contributed by atoms with Crippen LogP contribution < -0.4 is 0 Å². The molecular formula is C12H26ClP. The fourth-order valence-electron chi connectivity index (χ4n) is 3.17. The SMILES string of the molecule is CCP(Cl)(CC)(CC)C1CCCCC1. The number of rotatable bonds is 4. The third-order valence-electron chi connectivity index (χ3n) is 4.74. The first-order valence-electron chi connectivity index (χ1n) is 6.31. The summed E-state index contributed by atoms with van der Waals surface area (Å²) in [6.45, 7) is 6.98. The van der Waals surface area contributed by atoms with Crippen molar-refractivity contribution in [3.63, 3.8) is 0 Å². The van der Waals surface area contributed by atoms with Gasteiger partial charge in [0.25, 0.3) is 0 Å². The topological polar surface area (TPSA) is 0 Å². The Morgan fingerprint density at radius 2 is 1.36 bits per heavy atom. The Labute approximate surface area is 94.5 Å². The summed E-state index contributed by atoms with van der Waals surface area (Å²) in [4.78, 5) is 0. The summed E-state index contributed by atoms with van der Waals surface area (Å²) in [5.74, 6) is -1.82. The number of hydrogen-bond acceptors (Lipinski definition) is 0. The second kappa shape index (κ2) is 4.71. The van der Waals surface area contributed by atoms with Crippen LogP contribution in [-0.2, 0) is 0 Å². The zero-order valence-electron chi connectivity index (χ0n) is 10.1. The average Bonchev–Trinajstić information content (AvgIpc) is 2.30. The molecule has 0 aromatic carbocycles. The fourth-order valence-corrected chi connectivity index (χ4v) is 8.30. The van der Waals surface area contributed by atoms with E-state index in [0.717, 1.165) is 5.66 Å². The molecule has 1 fully saturated rings. The van der Waals surface area contributed by atoms with E-state index in [1.54, 1.807) is 0 Å². The molecule has 0 unspecified atom stereocenters. The van der Waals surface area contributed by atoms with E-state index >= 15 is 0 Å². The molecule has 2 heteroatoms. The van der Waals surface area contributed by atoms with Crippen molar-refractivity contribution in [2.45, 2.75) is 58.5 Å². The molecule has 0 aromatic heterocycles. The molecule has 1 rings (SSSR count). The van der Waals surface area contributed by atoms with E-state index in [4.69, 9.17) is 11.2 Å². The molecule has 14 heavy (non-hydrogen) atoms. The monoisotopic (exact) mass is 236 g/mol. The molecule has 0 nitrogen and oxygen atoms in total. The number of hydrogen-bond donors (Lipinski definition) is 0. The molecule has 0 aromatic rings. The zero-order chi connectivity index (χ0) is 10.7. The molecule has 0 aliphatic heterocycles. The third kappa shape index (κ3) is 2.12. The van der Waals surface area contributed by atoms with Crippen molar-refractivity contribution in [3.05, 3.63) is 0 Å². The van der Waals surface area contributed by atoms with Gasteiger partial charge in [-0.15, -0.1) is 0 Å². The second-order valence-electron chi connectivity index (χ2n) is 4.92. The second-order valence-corrected chi connectivity index (χ2v) is 13.6. The molecule has 0 atom stereocenters. The quantitative estimate of drug-likeness (QED) is 0.597. The van der Waals surface area contributed by atoms with Crippen LogP contribution in [-0.4, -0.2) is 24.1 Å². The van der Waals surface area contributed by atoms with Crippen LogP contribution in [0.3, 0.4) is 0 Å². The standard InChI is InChI=1S/C12H26ClP/c1-4-14(13,5-2,6-3)12-10-8-7-9-11-12/h12H,4-11H2,1-3H3. The van der Waals surface area contributed by atoms with Crippen LogP contribution in [0.15, 0.2) is 0 Å². The van der Waals surface area contributed by atoms with Gasteiger partial charge in [0.2, 0.25) is 0 Å². The van der Waals surface area contributed by atoms with E-state index in [-0.39, 0.29) is 0 Å². The van der Waals surface area contributed by atoms with Gasteiger partial charge in [0, 0.05) is 0 Å².